The van der Waals surface area contributed by atoms with E-state index in [-0.39, 0.29) is 16.9 Å². The molecule has 0 spiro atoms. The SMILES string of the molecule is N#Cc1cc(N=O)c(N)cc1F. The van der Waals surface area contributed by atoms with Crippen molar-refractivity contribution in [1.82, 2.24) is 0 Å². The monoisotopic (exact) mass is 165 g/mol. The van der Waals surface area contributed by atoms with Crippen LogP contribution in [0.15, 0.2) is 17.3 Å². The van der Waals surface area contributed by atoms with Crippen LogP contribution in [0.3, 0.4) is 0 Å². The van der Waals surface area contributed by atoms with E-state index in [1.54, 1.807) is 6.07 Å². The summed E-state index contributed by atoms with van der Waals surface area (Å²) < 4.78 is 12.7. The fourth-order valence-corrected chi connectivity index (χ4v) is 0.742. The zero-order chi connectivity index (χ0) is 9.14. The second kappa shape index (κ2) is 2.96. The molecule has 0 heterocycles. The molecule has 0 radical (unpaired) electrons. The number of hydrogen-bond donors (Lipinski definition) is 1. The first-order valence-corrected chi connectivity index (χ1v) is 3.01. The van der Waals surface area contributed by atoms with Gasteiger partial charge in [-0.3, -0.25) is 0 Å². The van der Waals surface area contributed by atoms with Gasteiger partial charge >= 0.3 is 0 Å². The molecule has 5 heteroatoms. The summed E-state index contributed by atoms with van der Waals surface area (Å²) in [4.78, 5) is 10.0. The number of benzene rings is 1. The van der Waals surface area contributed by atoms with Gasteiger partial charge in [0.25, 0.3) is 0 Å². The smallest absolute Gasteiger partial charge is 0.143 e. The fraction of sp³-hybridized carbons (Fsp3) is 0. The Morgan fingerprint density at radius 1 is 1.58 bits per heavy atom. The third kappa shape index (κ3) is 1.22. The maximum absolute atomic E-state index is 12.7. The number of nitroso groups, excluding NO2 is 1. The summed E-state index contributed by atoms with van der Waals surface area (Å²) in [6.07, 6.45) is 0. The van der Waals surface area contributed by atoms with E-state index in [2.05, 4.69) is 5.18 Å². The Hall–Kier alpha value is -1.96. The third-order valence-electron chi connectivity index (χ3n) is 1.34. The molecule has 0 fully saturated rings. The summed E-state index contributed by atoms with van der Waals surface area (Å²) in [6.45, 7) is 0. The highest BCUT2D eigenvalue weighted by molar-refractivity contribution is 5.65. The second-order valence-electron chi connectivity index (χ2n) is 2.09. The molecule has 0 unspecified atom stereocenters. The number of halogens is 1. The Bertz CT molecular complexity index is 370. The van der Waals surface area contributed by atoms with Crippen molar-refractivity contribution in [2.24, 2.45) is 5.18 Å². The van der Waals surface area contributed by atoms with E-state index in [0.29, 0.717) is 0 Å². The minimum absolute atomic E-state index is 0.0681. The van der Waals surface area contributed by atoms with Gasteiger partial charge in [-0.2, -0.15) is 5.26 Å². The summed E-state index contributed by atoms with van der Waals surface area (Å²) in [7, 11) is 0. The number of nitriles is 1. The van der Waals surface area contributed by atoms with Crippen molar-refractivity contribution in [2.45, 2.75) is 0 Å². The lowest BCUT2D eigenvalue weighted by Gasteiger charge is -1.97. The standard InChI is InChI=1S/C7H4FN3O/c8-5-2-6(10)7(11-12)1-4(5)3-9/h1-2H,10H2. The molecule has 1 rings (SSSR count). The largest absolute Gasteiger partial charge is 0.397 e. The van der Waals surface area contributed by atoms with E-state index < -0.39 is 5.82 Å². The molecule has 4 nitrogen and oxygen atoms in total. The molecule has 0 saturated heterocycles. The maximum Gasteiger partial charge on any atom is 0.143 e. The van der Waals surface area contributed by atoms with Gasteiger partial charge in [-0.15, -0.1) is 4.91 Å². The maximum atomic E-state index is 12.7. The normalized spacial score (nSPS) is 9.00. The highest BCUT2D eigenvalue weighted by Crippen LogP contribution is 2.24. The van der Waals surface area contributed by atoms with Gasteiger partial charge in [-0.1, -0.05) is 0 Å². The number of hydrogen-bond acceptors (Lipinski definition) is 4. The number of anilines is 1. The van der Waals surface area contributed by atoms with Gasteiger partial charge in [0.1, 0.15) is 17.6 Å². The van der Waals surface area contributed by atoms with Gasteiger partial charge in [0, 0.05) is 6.07 Å². The molecule has 12 heavy (non-hydrogen) atoms. The van der Waals surface area contributed by atoms with Gasteiger partial charge < -0.3 is 5.73 Å². The average Bonchev–Trinajstić information content (AvgIpc) is 2.05. The van der Waals surface area contributed by atoms with E-state index in [0.717, 1.165) is 12.1 Å². The van der Waals surface area contributed by atoms with Crippen LogP contribution in [0, 0.1) is 22.1 Å². The molecule has 60 valence electrons. The van der Waals surface area contributed by atoms with Crippen molar-refractivity contribution in [3.05, 3.63) is 28.4 Å². The molecule has 0 aromatic heterocycles. The minimum Gasteiger partial charge on any atom is -0.397 e. The predicted octanol–water partition coefficient (Wildman–Crippen LogP) is 1.68. The highest BCUT2D eigenvalue weighted by Gasteiger charge is 2.06. The van der Waals surface area contributed by atoms with E-state index in [4.69, 9.17) is 11.0 Å². The summed E-state index contributed by atoms with van der Waals surface area (Å²) >= 11 is 0. The number of rotatable bonds is 1. The van der Waals surface area contributed by atoms with Gasteiger partial charge in [-0.05, 0) is 11.2 Å². The molecule has 1 aromatic rings. The van der Waals surface area contributed by atoms with Gasteiger partial charge in [0.2, 0.25) is 0 Å². The number of nitrogens with two attached hydrogens (primary N) is 1. The van der Waals surface area contributed by atoms with Crippen molar-refractivity contribution in [2.75, 3.05) is 5.73 Å². The first-order valence-electron chi connectivity index (χ1n) is 3.01. The lowest BCUT2D eigenvalue weighted by molar-refractivity contribution is 0.624. The van der Waals surface area contributed by atoms with E-state index in [9.17, 15) is 9.30 Å². The lowest BCUT2D eigenvalue weighted by atomic mass is 10.2. The Labute approximate surface area is 67.4 Å². The molecule has 0 amide bonds. The highest BCUT2D eigenvalue weighted by atomic mass is 19.1. The molecular formula is C7H4FN3O. The third-order valence-corrected chi connectivity index (χ3v) is 1.34. The quantitative estimate of drug-likeness (QED) is 0.507. The van der Waals surface area contributed by atoms with Crippen LogP contribution < -0.4 is 5.73 Å². The first-order chi connectivity index (χ1) is 5.69. The fourth-order valence-electron chi connectivity index (χ4n) is 0.742. The molecule has 0 aliphatic heterocycles. The predicted molar refractivity (Wildman–Crippen MR) is 41.0 cm³/mol. The zero-order valence-electron chi connectivity index (χ0n) is 5.91. The van der Waals surface area contributed by atoms with E-state index in [1.807, 2.05) is 0 Å². The van der Waals surface area contributed by atoms with E-state index in [1.165, 1.54) is 0 Å². The minimum atomic E-state index is -0.748. The molecule has 0 saturated carbocycles. The van der Waals surface area contributed by atoms with Crippen LogP contribution in [0.1, 0.15) is 5.56 Å². The van der Waals surface area contributed by atoms with Crippen LogP contribution in [-0.4, -0.2) is 0 Å². The van der Waals surface area contributed by atoms with Crippen molar-refractivity contribution in [3.63, 3.8) is 0 Å². The molecule has 0 aliphatic carbocycles. The summed E-state index contributed by atoms with van der Waals surface area (Å²) in [6, 6.07) is 3.48. The Balaban J connectivity index is 3.39. The van der Waals surface area contributed by atoms with Crippen LogP contribution >= 0.6 is 0 Å². The molecule has 0 atom stereocenters. The Kier molecular flexibility index (Phi) is 2.01. The average molecular weight is 165 g/mol. The molecular weight excluding hydrogens is 161 g/mol. The number of nitrogens with zero attached hydrogens (tertiary/aromatic N) is 2. The van der Waals surface area contributed by atoms with Crippen molar-refractivity contribution in [1.29, 1.82) is 5.26 Å². The van der Waals surface area contributed by atoms with Gasteiger partial charge in [0.05, 0.1) is 11.3 Å². The van der Waals surface area contributed by atoms with Crippen LogP contribution in [0.4, 0.5) is 15.8 Å². The first kappa shape index (κ1) is 8.14. The van der Waals surface area contributed by atoms with Gasteiger partial charge in [-0.25, -0.2) is 4.39 Å². The topological polar surface area (TPSA) is 79.2 Å². The Morgan fingerprint density at radius 3 is 2.75 bits per heavy atom. The van der Waals surface area contributed by atoms with Crippen LogP contribution in [-0.2, 0) is 0 Å². The number of nitrogen functional groups attached to an aromatic ring is 1. The van der Waals surface area contributed by atoms with Crippen LogP contribution in [0.25, 0.3) is 0 Å². The van der Waals surface area contributed by atoms with Crippen molar-refractivity contribution < 1.29 is 4.39 Å². The molecule has 1 aromatic carbocycles. The Morgan fingerprint density at radius 2 is 2.25 bits per heavy atom. The van der Waals surface area contributed by atoms with Crippen molar-refractivity contribution >= 4 is 11.4 Å². The molecule has 0 bridgehead atoms. The van der Waals surface area contributed by atoms with Gasteiger partial charge in [0.15, 0.2) is 0 Å². The van der Waals surface area contributed by atoms with Crippen LogP contribution in [0.5, 0.6) is 0 Å². The summed E-state index contributed by atoms with van der Waals surface area (Å²) in [5.74, 6) is -0.748. The van der Waals surface area contributed by atoms with E-state index >= 15 is 0 Å². The van der Waals surface area contributed by atoms with Crippen molar-refractivity contribution in [3.8, 4) is 6.07 Å². The zero-order valence-corrected chi connectivity index (χ0v) is 5.91. The molecule has 2 N–H and O–H groups in total. The second-order valence-corrected chi connectivity index (χ2v) is 2.09. The summed E-state index contributed by atoms with van der Waals surface area (Å²) in [5.41, 5.74) is 4.79. The van der Waals surface area contributed by atoms with Crippen LogP contribution in [0.2, 0.25) is 0 Å². The summed E-state index contributed by atoms with van der Waals surface area (Å²) in [5, 5.41) is 10.9. The lowest BCUT2D eigenvalue weighted by Crippen LogP contribution is -1.90. The molecule has 0 aliphatic rings.